The average molecular weight is 313 g/mol. The zero-order chi connectivity index (χ0) is 15.1. The molecular formula is C16H25ClN2O2. The topological polar surface area (TPSA) is 33.7 Å². The van der Waals surface area contributed by atoms with Crippen LogP contribution < -0.4 is 14.8 Å². The van der Waals surface area contributed by atoms with E-state index < -0.39 is 0 Å². The summed E-state index contributed by atoms with van der Waals surface area (Å²) in [6, 6.07) is 3.73. The lowest BCUT2D eigenvalue weighted by Gasteiger charge is -2.26. The summed E-state index contributed by atoms with van der Waals surface area (Å²) in [5.74, 6) is 1.50. The number of hydrogen-bond donors (Lipinski definition) is 1. The van der Waals surface area contributed by atoms with E-state index in [4.69, 9.17) is 21.1 Å². The predicted molar refractivity (Wildman–Crippen MR) is 86.6 cm³/mol. The molecule has 21 heavy (non-hydrogen) atoms. The molecule has 1 aliphatic heterocycles. The highest BCUT2D eigenvalue weighted by atomic mass is 35.5. The summed E-state index contributed by atoms with van der Waals surface area (Å²) in [4.78, 5) is 2.46. The maximum atomic E-state index is 6.12. The maximum Gasteiger partial charge on any atom is 0.165 e. The van der Waals surface area contributed by atoms with Gasteiger partial charge in [0.15, 0.2) is 11.5 Å². The Morgan fingerprint density at radius 3 is 2.67 bits per heavy atom. The first-order valence-electron chi connectivity index (χ1n) is 7.60. The van der Waals surface area contributed by atoms with Gasteiger partial charge in [0.2, 0.25) is 0 Å². The van der Waals surface area contributed by atoms with E-state index in [0.29, 0.717) is 23.9 Å². The molecule has 0 aromatic heterocycles. The third kappa shape index (κ3) is 4.77. The first kappa shape index (κ1) is 16.4. The van der Waals surface area contributed by atoms with Gasteiger partial charge in [0, 0.05) is 29.7 Å². The highest BCUT2D eigenvalue weighted by Crippen LogP contribution is 2.34. The molecule has 1 aromatic rings. The Kier molecular flexibility index (Phi) is 6.61. The molecule has 0 unspecified atom stereocenters. The van der Waals surface area contributed by atoms with Crippen LogP contribution in [0.4, 0.5) is 0 Å². The largest absolute Gasteiger partial charge is 0.493 e. The van der Waals surface area contributed by atoms with E-state index in [9.17, 15) is 0 Å². The Labute approximate surface area is 132 Å². The van der Waals surface area contributed by atoms with Gasteiger partial charge in [0.25, 0.3) is 0 Å². The number of rotatable bonds is 7. The van der Waals surface area contributed by atoms with Crippen molar-refractivity contribution in [3.05, 3.63) is 22.7 Å². The van der Waals surface area contributed by atoms with Gasteiger partial charge in [-0.1, -0.05) is 18.0 Å². The molecule has 0 bridgehead atoms. The summed E-state index contributed by atoms with van der Waals surface area (Å²) >= 11 is 6.12. The van der Waals surface area contributed by atoms with Gasteiger partial charge >= 0.3 is 0 Å². The van der Waals surface area contributed by atoms with Gasteiger partial charge in [0.05, 0.1) is 7.11 Å². The highest BCUT2D eigenvalue weighted by molar-refractivity contribution is 6.30. The maximum absolute atomic E-state index is 6.12. The molecule has 1 aliphatic rings. The number of nitrogens with zero attached hydrogens (tertiary/aromatic N) is 1. The van der Waals surface area contributed by atoms with Crippen LogP contribution >= 0.6 is 11.6 Å². The Bertz CT molecular complexity index is 448. The number of methoxy groups -OCH3 is 1. The molecule has 0 atom stereocenters. The Morgan fingerprint density at radius 1 is 1.24 bits per heavy atom. The summed E-state index contributed by atoms with van der Waals surface area (Å²) < 4.78 is 11.4. The van der Waals surface area contributed by atoms with Gasteiger partial charge in [-0.15, -0.1) is 0 Å². The minimum atomic E-state index is 0.667. The fraction of sp³-hybridized carbons (Fsp3) is 0.625. The monoisotopic (exact) mass is 312 g/mol. The second-order valence-electron chi connectivity index (χ2n) is 5.38. The predicted octanol–water partition coefficient (Wildman–Crippen LogP) is 2.93. The molecule has 1 fully saturated rings. The van der Waals surface area contributed by atoms with Crippen LogP contribution in [0.5, 0.6) is 11.5 Å². The molecule has 0 amide bonds. The molecule has 1 heterocycles. The number of likely N-dealkylation sites (tertiary alicyclic amines) is 1. The first-order valence-corrected chi connectivity index (χ1v) is 7.98. The minimum absolute atomic E-state index is 0.667. The Morgan fingerprint density at radius 2 is 2.00 bits per heavy atom. The molecule has 5 heteroatoms. The summed E-state index contributed by atoms with van der Waals surface area (Å²) in [5.41, 5.74) is 1.03. The van der Waals surface area contributed by atoms with Crippen LogP contribution in [-0.2, 0) is 6.54 Å². The molecule has 118 valence electrons. The molecule has 1 aromatic carbocycles. The van der Waals surface area contributed by atoms with Crippen molar-refractivity contribution in [1.82, 2.24) is 10.2 Å². The summed E-state index contributed by atoms with van der Waals surface area (Å²) in [6.07, 6.45) is 3.96. The molecule has 1 saturated heterocycles. The van der Waals surface area contributed by atoms with E-state index in [2.05, 4.69) is 10.2 Å². The number of halogens is 1. The SMILES string of the molecule is CNCc1cc(Cl)cc(OC)c1OCCN1CCCCC1. The second-order valence-corrected chi connectivity index (χ2v) is 5.81. The highest BCUT2D eigenvalue weighted by Gasteiger charge is 2.14. The molecule has 0 aliphatic carbocycles. The number of nitrogens with one attached hydrogen (secondary N) is 1. The zero-order valence-electron chi connectivity index (χ0n) is 13.0. The van der Waals surface area contributed by atoms with Gasteiger partial charge in [0.1, 0.15) is 6.61 Å². The molecule has 0 spiro atoms. The van der Waals surface area contributed by atoms with Crippen LogP contribution in [0.25, 0.3) is 0 Å². The van der Waals surface area contributed by atoms with E-state index in [0.717, 1.165) is 17.9 Å². The quantitative estimate of drug-likeness (QED) is 0.839. The summed E-state index contributed by atoms with van der Waals surface area (Å²) in [6.45, 7) is 4.71. The van der Waals surface area contributed by atoms with Crippen LogP contribution in [-0.4, -0.2) is 45.3 Å². The average Bonchev–Trinajstić information content (AvgIpc) is 2.50. The van der Waals surface area contributed by atoms with Crippen LogP contribution in [0.2, 0.25) is 5.02 Å². The normalized spacial score (nSPS) is 16.0. The Hall–Kier alpha value is -0.970. The van der Waals surface area contributed by atoms with Crippen molar-refractivity contribution in [2.45, 2.75) is 25.8 Å². The molecule has 2 rings (SSSR count). The van der Waals surface area contributed by atoms with Crippen molar-refractivity contribution < 1.29 is 9.47 Å². The molecule has 4 nitrogen and oxygen atoms in total. The third-order valence-electron chi connectivity index (χ3n) is 3.79. The van der Waals surface area contributed by atoms with Crippen molar-refractivity contribution in [1.29, 1.82) is 0 Å². The van der Waals surface area contributed by atoms with Gasteiger partial charge in [-0.3, -0.25) is 4.90 Å². The van der Waals surface area contributed by atoms with Crippen molar-refractivity contribution in [2.24, 2.45) is 0 Å². The second kappa shape index (κ2) is 8.47. The van der Waals surface area contributed by atoms with Crippen molar-refractivity contribution in [2.75, 3.05) is 40.4 Å². The molecule has 0 radical (unpaired) electrons. The molecular weight excluding hydrogens is 288 g/mol. The lowest BCUT2D eigenvalue weighted by molar-refractivity contribution is 0.180. The molecule has 1 N–H and O–H groups in total. The summed E-state index contributed by atoms with van der Waals surface area (Å²) in [7, 11) is 3.55. The van der Waals surface area contributed by atoms with Gasteiger partial charge < -0.3 is 14.8 Å². The van der Waals surface area contributed by atoms with E-state index in [1.807, 2.05) is 13.1 Å². The third-order valence-corrected chi connectivity index (χ3v) is 4.00. The van der Waals surface area contributed by atoms with E-state index >= 15 is 0 Å². The number of piperidine rings is 1. The Balaban J connectivity index is 1.99. The van der Waals surface area contributed by atoms with Crippen molar-refractivity contribution in [3.63, 3.8) is 0 Å². The van der Waals surface area contributed by atoms with Gasteiger partial charge in [-0.2, -0.15) is 0 Å². The summed E-state index contributed by atoms with van der Waals surface area (Å²) in [5, 5.41) is 3.81. The van der Waals surface area contributed by atoms with Crippen LogP contribution in [0.3, 0.4) is 0 Å². The van der Waals surface area contributed by atoms with Gasteiger partial charge in [-0.25, -0.2) is 0 Å². The number of hydrogen-bond acceptors (Lipinski definition) is 4. The smallest absolute Gasteiger partial charge is 0.165 e. The van der Waals surface area contributed by atoms with E-state index in [1.54, 1.807) is 13.2 Å². The standard InChI is InChI=1S/C16H25ClN2O2/c1-18-12-13-10-14(17)11-15(20-2)16(13)21-9-8-19-6-4-3-5-7-19/h10-11,18H,3-9,12H2,1-2H3. The fourth-order valence-corrected chi connectivity index (χ4v) is 2.95. The van der Waals surface area contributed by atoms with Crippen molar-refractivity contribution in [3.8, 4) is 11.5 Å². The zero-order valence-corrected chi connectivity index (χ0v) is 13.7. The van der Waals surface area contributed by atoms with E-state index in [-0.39, 0.29) is 0 Å². The lowest BCUT2D eigenvalue weighted by Crippen LogP contribution is -2.33. The van der Waals surface area contributed by atoms with Crippen molar-refractivity contribution >= 4 is 11.6 Å². The fourth-order valence-electron chi connectivity index (χ4n) is 2.72. The molecule has 0 saturated carbocycles. The van der Waals surface area contributed by atoms with Crippen LogP contribution in [0.15, 0.2) is 12.1 Å². The lowest BCUT2D eigenvalue weighted by atomic mass is 10.1. The first-order chi connectivity index (χ1) is 10.2. The minimum Gasteiger partial charge on any atom is -0.493 e. The number of benzene rings is 1. The van der Waals surface area contributed by atoms with E-state index in [1.165, 1.54) is 32.4 Å². The van der Waals surface area contributed by atoms with Crippen LogP contribution in [0, 0.1) is 0 Å². The van der Waals surface area contributed by atoms with Crippen LogP contribution in [0.1, 0.15) is 24.8 Å². The number of ether oxygens (including phenoxy) is 2. The van der Waals surface area contributed by atoms with Gasteiger partial charge in [-0.05, 0) is 39.0 Å².